The third kappa shape index (κ3) is 3.75. The van der Waals surface area contributed by atoms with E-state index in [-0.39, 0.29) is 11.7 Å². The highest BCUT2D eigenvalue weighted by Crippen LogP contribution is 2.41. The lowest BCUT2D eigenvalue weighted by molar-refractivity contribution is 0.0968. The molecule has 1 saturated carbocycles. The van der Waals surface area contributed by atoms with Gasteiger partial charge in [-0.05, 0) is 54.2 Å². The lowest BCUT2D eigenvalue weighted by atomic mass is 9.93. The quantitative estimate of drug-likeness (QED) is 0.500. The number of nitrogens with zero attached hydrogens (tertiary/aromatic N) is 2. The highest BCUT2D eigenvalue weighted by Gasteiger charge is 2.28. The van der Waals surface area contributed by atoms with Gasteiger partial charge in [-0.15, -0.1) is 0 Å². The standard InChI is InChI=1S/C24H22N2O2/c1-15(2)9-22(27)19-10-18(21-6-4-3-5-17(21)13-25)11-20(12-19)24-26-14-23(28-24)16-7-8-16/h3-6,10-12,14-16H,7-9H2,1-2H3. The van der Waals surface area contributed by atoms with Gasteiger partial charge in [-0.2, -0.15) is 5.26 Å². The van der Waals surface area contributed by atoms with Gasteiger partial charge in [0.25, 0.3) is 0 Å². The van der Waals surface area contributed by atoms with Crippen LogP contribution in [0.4, 0.5) is 0 Å². The predicted molar refractivity (Wildman–Crippen MR) is 108 cm³/mol. The molecule has 4 nitrogen and oxygen atoms in total. The van der Waals surface area contributed by atoms with E-state index < -0.39 is 0 Å². The maximum atomic E-state index is 12.8. The molecule has 0 spiro atoms. The summed E-state index contributed by atoms with van der Waals surface area (Å²) in [6.07, 6.45) is 4.55. The molecule has 2 aromatic carbocycles. The molecule has 1 heterocycles. The first kappa shape index (κ1) is 18.2. The number of carbonyl (C=O) groups excluding carboxylic acids is 1. The zero-order valence-corrected chi connectivity index (χ0v) is 16.1. The molecule has 1 aliphatic rings. The van der Waals surface area contributed by atoms with Crippen LogP contribution < -0.4 is 0 Å². The van der Waals surface area contributed by atoms with Crippen LogP contribution in [0.5, 0.6) is 0 Å². The van der Waals surface area contributed by atoms with Crippen molar-refractivity contribution in [3.8, 4) is 28.7 Å². The number of Topliss-reactive ketones (excluding diaryl/α,β-unsaturated/α-hetero) is 1. The van der Waals surface area contributed by atoms with E-state index in [1.165, 1.54) is 0 Å². The maximum Gasteiger partial charge on any atom is 0.226 e. The van der Waals surface area contributed by atoms with Crippen LogP contribution in [0, 0.1) is 17.2 Å². The number of nitriles is 1. The highest BCUT2D eigenvalue weighted by molar-refractivity contribution is 5.98. The minimum atomic E-state index is 0.0847. The van der Waals surface area contributed by atoms with Gasteiger partial charge in [0.15, 0.2) is 5.78 Å². The van der Waals surface area contributed by atoms with Crippen LogP contribution in [-0.4, -0.2) is 10.8 Å². The monoisotopic (exact) mass is 370 g/mol. The molecule has 28 heavy (non-hydrogen) atoms. The smallest absolute Gasteiger partial charge is 0.226 e. The number of hydrogen-bond acceptors (Lipinski definition) is 4. The van der Waals surface area contributed by atoms with Crippen LogP contribution in [0.3, 0.4) is 0 Å². The summed E-state index contributed by atoms with van der Waals surface area (Å²) in [5.74, 6) is 2.27. The fraction of sp³-hybridized carbons (Fsp3) is 0.292. The summed E-state index contributed by atoms with van der Waals surface area (Å²) in [5, 5.41) is 9.49. The molecule has 0 unspecified atom stereocenters. The van der Waals surface area contributed by atoms with Crippen LogP contribution in [0.1, 0.15) is 60.7 Å². The molecular formula is C24H22N2O2. The maximum absolute atomic E-state index is 12.8. The van der Waals surface area contributed by atoms with Crippen LogP contribution >= 0.6 is 0 Å². The molecule has 1 aliphatic carbocycles. The van der Waals surface area contributed by atoms with Gasteiger partial charge in [-0.1, -0.05) is 32.0 Å². The Hall–Kier alpha value is -3.19. The summed E-state index contributed by atoms with van der Waals surface area (Å²) < 4.78 is 5.97. The molecule has 0 saturated heterocycles. The number of rotatable bonds is 6. The Morgan fingerprint density at radius 2 is 1.96 bits per heavy atom. The van der Waals surface area contributed by atoms with E-state index in [1.807, 2.05) is 50.2 Å². The number of aromatic nitrogens is 1. The van der Waals surface area contributed by atoms with Crippen LogP contribution in [0.2, 0.25) is 0 Å². The zero-order valence-electron chi connectivity index (χ0n) is 16.1. The van der Waals surface area contributed by atoms with Crippen molar-refractivity contribution in [2.75, 3.05) is 0 Å². The minimum absolute atomic E-state index is 0.0847. The minimum Gasteiger partial charge on any atom is -0.441 e. The summed E-state index contributed by atoms with van der Waals surface area (Å²) in [6, 6.07) is 15.3. The SMILES string of the molecule is CC(C)CC(=O)c1cc(-c2ncc(C3CC3)o2)cc(-c2ccccc2C#N)c1. The van der Waals surface area contributed by atoms with E-state index in [0.717, 1.165) is 35.3 Å². The molecule has 4 rings (SSSR count). The molecular weight excluding hydrogens is 348 g/mol. The van der Waals surface area contributed by atoms with Gasteiger partial charge >= 0.3 is 0 Å². The van der Waals surface area contributed by atoms with E-state index in [1.54, 1.807) is 12.3 Å². The summed E-state index contributed by atoms with van der Waals surface area (Å²) in [5.41, 5.74) is 3.60. The average Bonchev–Trinajstić information content (AvgIpc) is 3.43. The molecule has 4 heteroatoms. The van der Waals surface area contributed by atoms with Crippen molar-refractivity contribution in [3.63, 3.8) is 0 Å². The molecule has 0 radical (unpaired) electrons. The molecule has 1 aromatic heterocycles. The second kappa shape index (κ2) is 7.44. The number of hydrogen-bond donors (Lipinski definition) is 0. The van der Waals surface area contributed by atoms with Gasteiger partial charge in [0.05, 0.1) is 17.8 Å². The van der Waals surface area contributed by atoms with Crippen LogP contribution in [0.15, 0.2) is 53.1 Å². The number of benzene rings is 2. The van der Waals surface area contributed by atoms with Crippen molar-refractivity contribution >= 4 is 5.78 Å². The molecule has 0 aliphatic heterocycles. The van der Waals surface area contributed by atoms with E-state index >= 15 is 0 Å². The van der Waals surface area contributed by atoms with Crippen molar-refractivity contribution < 1.29 is 9.21 Å². The largest absolute Gasteiger partial charge is 0.441 e. The van der Waals surface area contributed by atoms with E-state index in [9.17, 15) is 10.1 Å². The molecule has 0 amide bonds. The Labute approximate surface area is 164 Å². The van der Waals surface area contributed by atoms with Gasteiger partial charge in [0.1, 0.15) is 5.76 Å². The normalized spacial score (nSPS) is 13.5. The van der Waals surface area contributed by atoms with Gasteiger partial charge in [0, 0.05) is 23.5 Å². The second-order valence-electron chi connectivity index (χ2n) is 7.82. The third-order valence-corrected chi connectivity index (χ3v) is 4.96. The van der Waals surface area contributed by atoms with Crippen molar-refractivity contribution in [2.24, 2.45) is 5.92 Å². The summed E-state index contributed by atoms with van der Waals surface area (Å²) >= 11 is 0. The zero-order chi connectivity index (χ0) is 19.7. The predicted octanol–water partition coefficient (Wildman–Crippen LogP) is 5.99. The molecule has 3 aromatic rings. The average molecular weight is 370 g/mol. The Balaban J connectivity index is 1.83. The van der Waals surface area contributed by atoms with Crippen molar-refractivity contribution in [1.29, 1.82) is 5.26 Å². The van der Waals surface area contributed by atoms with Gasteiger partial charge in [-0.25, -0.2) is 4.98 Å². The summed E-state index contributed by atoms with van der Waals surface area (Å²) in [6.45, 7) is 4.06. The van der Waals surface area contributed by atoms with Gasteiger partial charge < -0.3 is 4.42 Å². The Kier molecular flexibility index (Phi) is 4.83. The van der Waals surface area contributed by atoms with Gasteiger partial charge in [0.2, 0.25) is 5.89 Å². The first-order chi connectivity index (χ1) is 13.5. The van der Waals surface area contributed by atoms with Crippen molar-refractivity contribution in [2.45, 2.75) is 39.0 Å². The fourth-order valence-electron chi connectivity index (χ4n) is 3.37. The van der Waals surface area contributed by atoms with Crippen LogP contribution in [-0.2, 0) is 0 Å². The summed E-state index contributed by atoms with van der Waals surface area (Å²) in [7, 11) is 0. The Morgan fingerprint density at radius 3 is 2.68 bits per heavy atom. The van der Waals surface area contributed by atoms with Crippen molar-refractivity contribution in [1.82, 2.24) is 4.98 Å². The molecule has 0 N–H and O–H groups in total. The first-order valence-corrected chi connectivity index (χ1v) is 9.69. The Bertz CT molecular complexity index is 1070. The lowest BCUT2D eigenvalue weighted by Gasteiger charge is -2.10. The second-order valence-corrected chi connectivity index (χ2v) is 7.82. The number of carbonyl (C=O) groups is 1. The molecule has 1 fully saturated rings. The van der Waals surface area contributed by atoms with Crippen molar-refractivity contribution in [3.05, 3.63) is 65.5 Å². The van der Waals surface area contributed by atoms with Crippen LogP contribution in [0.25, 0.3) is 22.6 Å². The molecule has 0 bridgehead atoms. The highest BCUT2D eigenvalue weighted by atomic mass is 16.4. The number of ketones is 1. The van der Waals surface area contributed by atoms with Gasteiger partial charge in [-0.3, -0.25) is 4.79 Å². The Morgan fingerprint density at radius 1 is 1.21 bits per heavy atom. The summed E-state index contributed by atoms with van der Waals surface area (Å²) in [4.78, 5) is 17.2. The lowest BCUT2D eigenvalue weighted by Crippen LogP contribution is -2.04. The number of oxazole rings is 1. The van der Waals surface area contributed by atoms with E-state index in [0.29, 0.717) is 29.4 Å². The molecule has 0 atom stereocenters. The topological polar surface area (TPSA) is 66.9 Å². The van der Waals surface area contributed by atoms with E-state index in [4.69, 9.17) is 4.42 Å². The molecule has 140 valence electrons. The van der Waals surface area contributed by atoms with E-state index in [2.05, 4.69) is 11.1 Å². The third-order valence-electron chi connectivity index (χ3n) is 4.96. The first-order valence-electron chi connectivity index (χ1n) is 9.69. The fourth-order valence-corrected chi connectivity index (χ4v) is 3.37.